The molecule has 0 saturated carbocycles. The fraction of sp³-hybridized carbons (Fsp3) is 0.500. The van der Waals surface area contributed by atoms with Gasteiger partial charge >= 0.3 is 0 Å². The summed E-state index contributed by atoms with van der Waals surface area (Å²) in [7, 11) is -3.43. The Balaban J connectivity index is 2.73. The first-order chi connectivity index (χ1) is 8.48. The Labute approximate surface area is 108 Å². The third kappa shape index (κ3) is 4.64. The molecule has 1 aromatic rings. The minimum atomic E-state index is -3.43. The molecule has 1 unspecified atom stereocenters. The zero-order valence-electron chi connectivity index (χ0n) is 10.5. The summed E-state index contributed by atoms with van der Waals surface area (Å²) < 4.78 is 26.5. The van der Waals surface area contributed by atoms with Crippen LogP contribution in [-0.2, 0) is 15.8 Å². The zero-order chi connectivity index (χ0) is 13.6. The monoisotopic (exact) mass is 272 g/mol. The predicted octanol–water partition coefficient (Wildman–Crippen LogP) is 0.849. The summed E-state index contributed by atoms with van der Waals surface area (Å²) in [4.78, 5) is 0. The average Bonchev–Trinajstić information content (AvgIpc) is 2.31. The van der Waals surface area contributed by atoms with Crippen LogP contribution in [0.25, 0.3) is 0 Å². The standard InChI is InChI=1S/C12H20N2O3S/c1-2-11(7-8-15)14-18(16,17)9-10-5-3-4-6-12(10)13/h3-6,11,14-15H,2,7-9,13H2,1H3. The van der Waals surface area contributed by atoms with Gasteiger partial charge in [0.2, 0.25) is 10.0 Å². The van der Waals surface area contributed by atoms with E-state index in [2.05, 4.69) is 4.72 Å². The van der Waals surface area contributed by atoms with Crippen molar-refractivity contribution in [1.29, 1.82) is 0 Å². The molecule has 5 nitrogen and oxygen atoms in total. The lowest BCUT2D eigenvalue weighted by Gasteiger charge is -2.16. The molecule has 0 aliphatic heterocycles. The molecule has 1 rings (SSSR count). The SMILES string of the molecule is CCC(CCO)NS(=O)(=O)Cc1ccccc1N. The Hall–Kier alpha value is -1.11. The molecule has 0 spiro atoms. The fourth-order valence-corrected chi connectivity index (χ4v) is 3.22. The molecule has 1 atom stereocenters. The normalized spacial score (nSPS) is 13.4. The minimum Gasteiger partial charge on any atom is -0.398 e. The first-order valence-corrected chi connectivity index (χ1v) is 7.58. The van der Waals surface area contributed by atoms with E-state index >= 15 is 0 Å². The summed E-state index contributed by atoms with van der Waals surface area (Å²) in [6.45, 7) is 1.84. The Bertz CT molecular complexity index is 474. The van der Waals surface area contributed by atoms with E-state index in [1.807, 2.05) is 6.92 Å². The van der Waals surface area contributed by atoms with Crippen LogP contribution in [-0.4, -0.2) is 26.2 Å². The number of sulfonamides is 1. The second kappa shape index (κ2) is 6.72. The van der Waals surface area contributed by atoms with Gasteiger partial charge in [-0.25, -0.2) is 13.1 Å². The number of anilines is 1. The van der Waals surface area contributed by atoms with Crippen LogP contribution < -0.4 is 10.5 Å². The number of aliphatic hydroxyl groups excluding tert-OH is 1. The molecule has 102 valence electrons. The van der Waals surface area contributed by atoms with Crippen molar-refractivity contribution in [2.75, 3.05) is 12.3 Å². The maximum atomic E-state index is 11.9. The molecule has 0 aliphatic rings. The lowest BCUT2D eigenvalue weighted by Crippen LogP contribution is -2.35. The summed E-state index contributed by atoms with van der Waals surface area (Å²) in [6, 6.07) is 6.66. The molecule has 18 heavy (non-hydrogen) atoms. The minimum absolute atomic E-state index is 0.0332. The van der Waals surface area contributed by atoms with Crippen LogP contribution in [0.4, 0.5) is 5.69 Å². The Morgan fingerprint density at radius 1 is 1.39 bits per heavy atom. The van der Waals surface area contributed by atoms with Crippen molar-refractivity contribution in [2.24, 2.45) is 0 Å². The number of benzene rings is 1. The Morgan fingerprint density at radius 2 is 2.06 bits per heavy atom. The van der Waals surface area contributed by atoms with Crippen LogP contribution in [0.15, 0.2) is 24.3 Å². The van der Waals surface area contributed by atoms with Crippen molar-refractivity contribution in [3.05, 3.63) is 29.8 Å². The number of nitrogens with two attached hydrogens (primary N) is 1. The van der Waals surface area contributed by atoms with Gasteiger partial charge in [-0.3, -0.25) is 0 Å². The van der Waals surface area contributed by atoms with Gasteiger partial charge < -0.3 is 10.8 Å². The molecule has 0 bridgehead atoms. The highest BCUT2D eigenvalue weighted by atomic mass is 32.2. The second-order valence-corrected chi connectivity index (χ2v) is 5.95. The van der Waals surface area contributed by atoms with E-state index in [0.717, 1.165) is 0 Å². The third-order valence-electron chi connectivity index (χ3n) is 2.72. The summed E-state index contributed by atoms with van der Waals surface area (Å²) in [6.07, 6.45) is 1.06. The number of hydrogen-bond donors (Lipinski definition) is 3. The number of nitrogen functional groups attached to an aromatic ring is 1. The van der Waals surface area contributed by atoms with Gasteiger partial charge in [0.1, 0.15) is 0 Å². The van der Waals surface area contributed by atoms with Crippen molar-refractivity contribution >= 4 is 15.7 Å². The van der Waals surface area contributed by atoms with Crippen LogP contribution in [0.2, 0.25) is 0 Å². The molecule has 1 aromatic carbocycles. The lowest BCUT2D eigenvalue weighted by atomic mass is 10.2. The maximum absolute atomic E-state index is 11.9. The smallest absolute Gasteiger partial charge is 0.216 e. The molecule has 4 N–H and O–H groups in total. The maximum Gasteiger partial charge on any atom is 0.216 e. The van der Waals surface area contributed by atoms with Gasteiger partial charge in [-0.1, -0.05) is 25.1 Å². The van der Waals surface area contributed by atoms with E-state index in [9.17, 15) is 8.42 Å². The van der Waals surface area contributed by atoms with Crippen molar-refractivity contribution in [3.63, 3.8) is 0 Å². The Kier molecular flexibility index (Phi) is 5.58. The number of para-hydroxylation sites is 1. The molecule has 0 amide bonds. The number of nitrogens with one attached hydrogen (secondary N) is 1. The van der Waals surface area contributed by atoms with E-state index < -0.39 is 10.0 Å². The van der Waals surface area contributed by atoms with Gasteiger partial charge in [-0.2, -0.15) is 0 Å². The number of hydrogen-bond acceptors (Lipinski definition) is 4. The summed E-state index contributed by atoms with van der Waals surface area (Å²) in [5.41, 5.74) is 6.77. The van der Waals surface area contributed by atoms with Crippen molar-refractivity contribution in [1.82, 2.24) is 4.72 Å². The molecular weight excluding hydrogens is 252 g/mol. The highest BCUT2D eigenvalue weighted by Gasteiger charge is 2.17. The average molecular weight is 272 g/mol. The van der Waals surface area contributed by atoms with Gasteiger partial charge in [0.15, 0.2) is 0 Å². The van der Waals surface area contributed by atoms with E-state index in [-0.39, 0.29) is 18.4 Å². The van der Waals surface area contributed by atoms with Crippen LogP contribution in [0.3, 0.4) is 0 Å². The zero-order valence-corrected chi connectivity index (χ0v) is 11.3. The van der Waals surface area contributed by atoms with E-state index in [4.69, 9.17) is 10.8 Å². The molecule has 0 aromatic heterocycles. The first-order valence-electron chi connectivity index (χ1n) is 5.92. The van der Waals surface area contributed by atoms with Gasteiger partial charge in [-0.15, -0.1) is 0 Å². The molecule has 6 heteroatoms. The highest BCUT2D eigenvalue weighted by Crippen LogP contribution is 2.14. The molecule has 0 aliphatic carbocycles. The van der Waals surface area contributed by atoms with E-state index in [1.165, 1.54) is 0 Å². The van der Waals surface area contributed by atoms with Crippen molar-refractivity contribution in [3.8, 4) is 0 Å². The summed E-state index contributed by atoms with van der Waals surface area (Å²) in [5, 5.41) is 8.84. The molecule has 0 fully saturated rings. The third-order valence-corrected chi connectivity index (χ3v) is 4.10. The largest absolute Gasteiger partial charge is 0.398 e. The second-order valence-electron chi connectivity index (χ2n) is 4.19. The Morgan fingerprint density at radius 3 is 2.61 bits per heavy atom. The van der Waals surface area contributed by atoms with Crippen LogP contribution in [0, 0.1) is 0 Å². The number of aliphatic hydroxyl groups is 1. The first kappa shape index (κ1) is 14.9. The van der Waals surface area contributed by atoms with Crippen LogP contribution in [0.1, 0.15) is 25.3 Å². The molecular formula is C12H20N2O3S. The van der Waals surface area contributed by atoms with Gasteiger partial charge in [0, 0.05) is 18.3 Å². The molecule has 0 radical (unpaired) electrons. The topological polar surface area (TPSA) is 92.4 Å². The van der Waals surface area contributed by atoms with E-state index in [0.29, 0.717) is 24.1 Å². The van der Waals surface area contributed by atoms with Crippen molar-refractivity contribution < 1.29 is 13.5 Å². The molecule has 0 saturated heterocycles. The van der Waals surface area contributed by atoms with Crippen molar-refractivity contribution in [2.45, 2.75) is 31.6 Å². The van der Waals surface area contributed by atoms with Crippen LogP contribution >= 0.6 is 0 Å². The fourth-order valence-electron chi connectivity index (χ4n) is 1.67. The molecule has 0 heterocycles. The quantitative estimate of drug-likeness (QED) is 0.642. The van der Waals surface area contributed by atoms with Gasteiger partial charge in [0.05, 0.1) is 5.75 Å². The summed E-state index contributed by atoms with van der Waals surface area (Å²) >= 11 is 0. The summed E-state index contributed by atoms with van der Waals surface area (Å²) in [5.74, 6) is -0.137. The van der Waals surface area contributed by atoms with Gasteiger partial charge in [0.25, 0.3) is 0 Å². The van der Waals surface area contributed by atoms with Crippen LogP contribution in [0.5, 0.6) is 0 Å². The predicted molar refractivity (Wildman–Crippen MR) is 72.4 cm³/mol. The number of rotatable bonds is 7. The van der Waals surface area contributed by atoms with Gasteiger partial charge in [-0.05, 0) is 24.5 Å². The highest BCUT2D eigenvalue weighted by molar-refractivity contribution is 7.88. The van der Waals surface area contributed by atoms with E-state index in [1.54, 1.807) is 24.3 Å². The lowest BCUT2D eigenvalue weighted by molar-refractivity contribution is 0.270.